The molecular weight excluding hydrogens is 226 g/mol. The maximum absolute atomic E-state index is 6.25. The lowest BCUT2D eigenvalue weighted by Gasteiger charge is -2.37. The standard InChI is InChI=1S/C13H25N5/c1-16(2)12-5-4-6-18(9-12)10-13(14)11-7-15-17(3)8-11/h7-8,12-13H,4-6,9-10,14H2,1-3H3. The van der Waals surface area contributed by atoms with E-state index in [1.54, 1.807) is 0 Å². The first kappa shape index (κ1) is 13.5. The van der Waals surface area contributed by atoms with Gasteiger partial charge in [0.05, 0.1) is 6.20 Å². The predicted molar refractivity (Wildman–Crippen MR) is 73.3 cm³/mol. The third-order valence-electron chi connectivity index (χ3n) is 3.82. The van der Waals surface area contributed by atoms with Crippen LogP contribution in [0.3, 0.4) is 0 Å². The third-order valence-corrected chi connectivity index (χ3v) is 3.82. The average Bonchev–Trinajstić information content (AvgIpc) is 2.76. The van der Waals surface area contributed by atoms with E-state index in [-0.39, 0.29) is 6.04 Å². The molecule has 18 heavy (non-hydrogen) atoms. The summed E-state index contributed by atoms with van der Waals surface area (Å²) in [4.78, 5) is 4.80. The van der Waals surface area contributed by atoms with E-state index in [1.807, 2.05) is 24.1 Å². The lowest BCUT2D eigenvalue weighted by molar-refractivity contribution is 0.128. The van der Waals surface area contributed by atoms with Crippen molar-refractivity contribution in [3.05, 3.63) is 18.0 Å². The Morgan fingerprint density at radius 2 is 2.33 bits per heavy atom. The number of likely N-dealkylation sites (tertiary alicyclic amines) is 1. The van der Waals surface area contributed by atoms with Crippen LogP contribution in [0.15, 0.2) is 12.4 Å². The van der Waals surface area contributed by atoms with E-state index in [4.69, 9.17) is 5.73 Å². The lowest BCUT2D eigenvalue weighted by atomic mass is 10.0. The monoisotopic (exact) mass is 251 g/mol. The van der Waals surface area contributed by atoms with Gasteiger partial charge >= 0.3 is 0 Å². The summed E-state index contributed by atoms with van der Waals surface area (Å²) in [6, 6.07) is 0.736. The van der Waals surface area contributed by atoms with Crippen LogP contribution in [0.2, 0.25) is 0 Å². The molecule has 2 rings (SSSR count). The fraction of sp³-hybridized carbons (Fsp3) is 0.769. The lowest BCUT2D eigenvalue weighted by Crippen LogP contribution is -2.47. The quantitative estimate of drug-likeness (QED) is 0.844. The molecule has 5 heteroatoms. The smallest absolute Gasteiger partial charge is 0.0537 e. The highest BCUT2D eigenvalue weighted by atomic mass is 15.2. The first-order valence-electron chi connectivity index (χ1n) is 6.69. The van der Waals surface area contributed by atoms with E-state index in [1.165, 1.54) is 12.8 Å². The molecule has 0 bridgehead atoms. The van der Waals surface area contributed by atoms with E-state index < -0.39 is 0 Å². The molecule has 5 nitrogen and oxygen atoms in total. The summed E-state index contributed by atoms with van der Waals surface area (Å²) in [5.41, 5.74) is 7.38. The number of hydrogen-bond acceptors (Lipinski definition) is 4. The molecule has 2 atom stereocenters. The summed E-state index contributed by atoms with van der Waals surface area (Å²) in [5, 5.41) is 4.18. The van der Waals surface area contributed by atoms with Crippen molar-refractivity contribution in [2.45, 2.75) is 24.9 Å². The molecule has 0 spiro atoms. The minimum Gasteiger partial charge on any atom is -0.323 e. The minimum absolute atomic E-state index is 0.0691. The highest BCUT2D eigenvalue weighted by molar-refractivity contribution is 5.10. The Kier molecular flexibility index (Phi) is 4.37. The molecule has 1 aliphatic rings. The van der Waals surface area contributed by atoms with Crippen molar-refractivity contribution in [3.8, 4) is 0 Å². The fourth-order valence-electron chi connectivity index (χ4n) is 2.63. The first-order valence-corrected chi connectivity index (χ1v) is 6.69. The van der Waals surface area contributed by atoms with Gasteiger partial charge in [-0.2, -0.15) is 5.10 Å². The molecule has 1 aromatic rings. The molecule has 1 saturated heterocycles. The van der Waals surface area contributed by atoms with Gasteiger partial charge in [-0.25, -0.2) is 0 Å². The van der Waals surface area contributed by atoms with E-state index in [9.17, 15) is 0 Å². The molecule has 0 aromatic carbocycles. The molecular formula is C13H25N5. The van der Waals surface area contributed by atoms with Crippen LogP contribution in [0.1, 0.15) is 24.4 Å². The molecule has 2 N–H and O–H groups in total. The van der Waals surface area contributed by atoms with Crippen molar-refractivity contribution < 1.29 is 0 Å². The van der Waals surface area contributed by atoms with Crippen LogP contribution in [0, 0.1) is 0 Å². The zero-order valence-electron chi connectivity index (χ0n) is 11.7. The van der Waals surface area contributed by atoms with Crippen LogP contribution in [0.25, 0.3) is 0 Å². The summed E-state index contributed by atoms with van der Waals surface area (Å²) in [6.45, 7) is 3.22. The van der Waals surface area contributed by atoms with Crippen molar-refractivity contribution in [2.75, 3.05) is 33.7 Å². The minimum atomic E-state index is 0.0691. The molecule has 102 valence electrons. The van der Waals surface area contributed by atoms with Crippen molar-refractivity contribution in [3.63, 3.8) is 0 Å². The number of nitrogens with two attached hydrogens (primary N) is 1. The van der Waals surface area contributed by atoms with Gasteiger partial charge in [0, 0.05) is 44.0 Å². The van der Waals surface area contributed by atoms with Gasteiger partial charge in [-0.05, 0) is 33.5 Å². The van der Waals surface area contributed by atoms with Gasteiger partial charge in [-0.3, -0.25) is 9.58 Å². The highest BCUT2D eigenvalue weighted by Gasteiger charge is 2.23. The number of aryl methyl sites for hydroxylation is 1. The second kappa shape index (κ2) is 5.82. The summed E-state index contributed by atoms with van der Waals surface area (Å²) in [7, 11) is 6.25. The summed E-state index contributed by atoms with van der Waals surface area (Å²) in [5.74, 6) is 0. The highest BCUT2D eigenvalue weighted by Crippen LogP contribution is 2.17. The number of nitrogens with zero attached hydrogens (tertiary/aromatic N) is 4. The summed E-state index contributed by atoms with van der Waals surface area (Å²) >= 11 is 0. The molecule has 0 radical (unpaired) electrons. The van der Waals surface area contributed by atoms with Gasteiger partial charge in [0.1, 0.15) is 0 Å². The van der Waals surface area contributed by atoms with E-state index in [0.29, 0.717) is 6.04 Å². The molecule has 2 heterocycles. The van der Waals surface area contributed by atoms with Gasteiger partial charge in [-0.15, -0.1) is 0 Å². The van der Waals surface area contributed by atoms with Crippen molar-refractivity contribution in [1.82, 2.24) is 19.6 Å². The van der Waals surface area contributed by atoms with E-state index in [0.717, 1.165) is 25.2 Å². The van der Waals surface area contributed by atoms with Gasteiger partial charge in [0.2, 0.25) is 0 Å². The summed E-state index contributed by atoms with van der Waals surface area (Å²) in [6.07, 6.45) is 6.45. The second-order valence-electron chi connectivity index (χ2n) is 5.57. The summed E-state index contributed by atoms with van der Waals surface area (Å²) < 4.78 is 1.81. The normalized spacial score (nSPS) is 23.5. The molecule has 0 saturated carbocycles. The zero-order valence-corrected chi connectivity index (χ0v) is 11.7. The molecule has 0 amide bonds. The second-order valence-corrected chi connectivity index (χ2v) is 5.57. The van der Waals surface area contributed by atoms with Crippen LogP contribution in [0.5, 0.6) is 0 Å². The van der Waals surface area contributed by atoms with Gasteiger partial charge in [0.15, 0.2) is 0 Å². The Hall–Kier alpha value is -0.910. The topological polar surface area (TPSA) is 50.3 Å². The Balaban J connectivity index is 1.89. The Bertz CT molecular complexity index is 373. The van der Waals surface area contributed by atoms with Crippen molar-refractivity contribution >= 4 is 0 Å². The molecule has 2 unspecified atom stereocenters. The van der Waals surface area contributed by atoms with Crippen molar-refractivity contribution in [1.29, 1.82) is 0 Å². The largest absolute Gasteiger partial charge is 0.323 e. The third kappa shape index (κ3) is 3.31. The van der Waals surface area contributed by atoms with Crippen LogP contribution >= 0.6 is 0 Å². The average molecular weight is 251 g/mol. The van der Waals surface area contributed by atoms with Gasteiger partial charge in [-0.1, -0.05) is 0 Å². The van der Waals surface area contributed by atoms with Crippen LogP contribution in [-0.2, 0) is 7.05 Å². The Labute approximate surface area is 110 Å². The maximum atomic E-state index is 6.25. The van der Waals surface area contributed by atoms with E-state index >= 15 is 0 Å². The SMILES string of the molecule is CN(C)C1CCCN(CC(N)c2cnn(C)c2)C1. The van der Waals surface area contributed by atoms with Crippen LogP contribution in [-0.4, -0.2) is 59.4 Å². The van der Waals surface area contributed by atoms with Crippen molar-refractivity contribution in [2.24, 2.45) is 12.8 Å². The molecule has 1 aromatic heterocycles. The molecule has 0 aliphatic carbocycles. The maximum Gasteiger partial charge on any atom is 0.0537 e. The first-order chi connectivity index (χ1) is 8.56. The number of likely N-dealkylation sites (N-methyl/N-ethyl adjacent to an activating group) is 1. The predicted octanol–water partition coefficient (Wildman–Crippen LogP) is 0.446. The number of aromatic nitrogens is 2. The van der Waals surface area contributed by atoms with E-state index in [2.05, 4.69) is 29.0 Å². The Morgan fingerprint density at radius 1 is 1.56 bits per heavy atom. The zero-order chi connectivity index (χ0) is 13.1. The number of hydrogen-bond donors (Lipinski definition) is 1. The van der Waals surface area contributed by atoms with Crippen LogP contribution < -0.4 is 5.73 Å². The number of piperidine rings is 1. The van der Waals surface area contributed by atoms with Gasteiger partial charge in [0.25, 0.3) is 0 Å². The van der Waals surface area contributed by atoms with Gasteiger partial charge < -0.3 is 10.6 Å². The molecule has 1 fully saturated rings. The van der Waals surface area contributed by atoms with Crippen LogP contribution in [0.4, 0.5) is 0 Å². The fourth-order valence-corrected chi connectivity index (χ4v) is 2.63. The molecule has 1 aliphatic heterocycles. The number of rotatable bonds is 4. The Morgan fingerprint density at radius 3 is 2.94 bits per heavy atom.